The maximum absolute atomic E-state index is 12.6. The summed E-state index contributed by atoms with van der Waals surface area (Å²) >= 11 is 0. The van der Waals surface area contributed by atoms with Crippen LogP contribution in [0.15, 0.2) is 12.3 Å². The molecule has 1 fully saturated rings. The summed E-state index contributed by atoms with van der Waals surface area (Å²) < 4.78 is 1.62. The first-order chi connectivity index (χ1) is 9.79. The second kappa shape index (κ2) is 5.71. The summed E-state index contributed by atoms with van der Waals surface area (Å²) in [5.41, 5.74) is 0.902. The lowest BCUT2D eigenvalue weighted by molar-refractivity contribution is -0.143. The standard InChI is InChI=1S/C15H20N2O4/c1-9-4-12(15(20)21)8-17(6-9)14(19)13-5-11(10(2)18)7-16(13)3/h5,7,9,12H,4,6,8H2,1-3H3,(H,20,21). The molecule has 1 saturated heterocycles. The molecule has 1 aromatic heterocycles. The number of carbonyl (C=O) groups excluding carboxylic acids is 2. The molecule has 0 aromatic carbocycles. The minimum absolute atomic E-state index is 0.0972. The molecule has 1 amide bonds. The summed E-state index contributed by atoms with van der Waals surface area (Å²) in [5.74, 6) is -1.56. The van der Waals surface area contributed by atoms with Crippen molar-refractivity contribution in [3.05, 3.63) is 23.5 Å². The molecule has 1 aliphatic heterocycles. The third-order valence-electron chi connectivity index (χ3n) is 3.93. The molecule has 2 unspecified atom stereocenters. The molecule has 2 rings (SSSR count). The van der Waals surface area contributed by atoms with E-state index in [2.05, 4.69) is 0 Å². The first kappa shape index (κ1) is 15.3. The predicted octanol–water partition coefficient (Wildman–Crippen LogP) is 1.41. The maximum Gasteiger partial charge on any atom is 0.308 e. The number of ketones is 1. The second-order valence-corrected chi connectivity index (χ2v) is 5.87. The molecule has 21 heavy (non-hydrogen) atoms. The topological polar surface area (TPSA) is 79.6 Å². The average molecular weight is 292 g/mol. The van der Waals surface area contributed by atoms with E-state index >= 15 is 0 Å². The van der Waals surface area contributed by atoms with Gasteiger partial charge in [-0.1, -0.05) is 6.92 Å². The summed E-state index contributed by atoms with van der Waals surface area (Å²) in [4.78, 5) is 36.7. The monoisotopic (exact) mass is 292 g/mol. The van der Waals surface area contributed by atoms with E-state index in [9.17, 15) is 14.4 Å². The van der Waals surface area contributed by atoms with Crippen LogP contribution in [0, 0.1) is 11.8 Å². The summed E-state index contributed by atoms with van der Waals surface area (Å²) in [6.45, 7) is 4.16. The van der Waals surface area contributed by atoms with E-state index < -0.39 is 11.9 Å². The number of amides is 1. The molecule has 1 N–H and O–H groups in total. The van der Waals surface area contributed by atoms with Crippen LogP contribution in [-0.4, -0.2) is 45.3 Å². The van der Waals surface area contributed by atoms with Crippen LogP contribution in [0.2, 0.25) is 0 Å². The highest BCUT2D eigenvalue weighted by molar-refractivity contribution is 5.99. The van der Waals surface area contributed by atoms with Crippen LogP contribution in [0.5, 0.6) is 0 Å². The SMILES string of the molecule is CC(=O)c1cc(C(=O)N2CC(C)CC(C(=O)O)C2)n(C)c1. The Morgan fingerprint density at radius 3 is 2.48 bits per heavy atom. The molecule has 0 saturated carbocycles. The van der Waals surface area contributed by atoms with Crippen molar-refractivity contribution in [2.75, 3.05) is 13.1 Å². The van der Waals surface area contributed by atoms with Gasteiger partial charge in [-0.15, -0.1) is 0 Å². The minimum atomic E-state index is -0.865. The quantitative estimate of drug-likeness (QED) is 0.854. The Balaban J connectivity index is 2.22. The molecular formula is C15H20N2O4. The third-order valence-corrected chi connectivity index (χ3v) is 3.93. The Morgan fingerprint density at radius 1 is 1.29 bits per heavy atom. The number of likely N-dealkylation sites (tertiary alicyclic amines) is 1. The fourth-order valence-corrected chi connectivity index (χ4v) is 2.83. The van der Waals surface area contributed by atoms with E-state index in [1.165, 1.54) is 6.92 Å². The number of rotatable bonds is 3. The van der Waals surface area contributed by atoms with E-state index in [-0.39, 0.29) is 24.2 Å². The Bertz CT molecular complexity index is 590. The smallest absolute Gasteiger partial charge is 0.308 e. The molecule has 0 radical (unpaired) electrons. The van der Waals surface area contributed by atoms with Gasteiger partial charge in [0.15, 0.2) is 5.78 Å². The van der Waals surface area contributed by atoms with Gasteiger partial charge in [-0.25, -0.2) is 0 Å². The Labute approximate surface area is 123 Å². The third kappa shape index (κ3) is 3.15. The normalized spacial score (nSPS) is 22.1. The molecule has 6 heteroatoms. The van der Waals surface area contributed by atoms with E-state index in [0.29, 0.717) is 24.2 Å². The van der Waals surface area contributed by atoms with Gasteiger partial charge in [-0.3, -0.25) is 14.4 Å². The summed E-state index contributed by atoms with van der Waals surface area (Å²) in [6.07, 6.45) is 2.21. The number of Topliss-reactive ketones (excluding diaryl/α,β-unsaturated/α-hetero) is 1. The highest BCUT2D eigenvalue weighted by atomic mass is 16.4. The van der Waals surface area contributed by atoms with Crippen LogP contribution < -0.4 is 0 Å². The number of hydrogen-bond acceptors (Lipinski definition) is 3. The fourth-order valence-electron chi connectivity index (χ4n) is 2.83. The number of aryl methyl sites for hydroxylation is 1. The van der Waals surface area contributed by atoms with Crippen molar-refractivity contribution < 1.29 is 19.5 Å². The van der Waals surface area contributed by atoms with Gasteiger partial charge in [-0.2, -0.15) is 0 Å². The number of aliphatic carboxylic acids is 1. The number of carboxylic acid groups (broad SMARTS) is 1. The number of nitrogens with zero attached hydrogens (tertiary/aromatic N) is 2. The number of carboxylic acids is 1. The molecule has 0 aliphatic carbocycles. The average Bonchev–Trinajstić information content (AvgIpc) is 2.79. The van der Waals surface area contributed by atoms with Crippen molar-refractivity contribution in [1.29, 1.82) is 0 Å². The van der Waals surface area contributed by atoms with Crippen molar-refractivity contribution in [1.82, 2.24) is 9.47 Å². The van der Waals surface area contributed by atoms with Gasteiger partial charge in [0.2, 0.25) is 0 Å². The molecule has 0 bridgehead atoms. The molecule has 1 aromatic rings. The van der Waals surface area contributed by atoms with Crippen molar-refractivity contribution in [3.8, 4) is 0 Å². The zero-order chi connectivity index (χ0) is 15.7. The second-order valence-electron chi connectivity index (χ2n) is 5.87. The maximum atomic E-state index is 12.6. The van der Waals surface area contributed by atoms with E-state index in [1.54, 1.807) is 28.8 Å². The summed E-state index contributed by atoms with van der Waals surface area (Å²) in [6, 6.07) is 1.57. The van der Waals surface area contributed by atoms with Gasteiger partial charge in [0, 0.05) is 31.9 Å². The van der Waals surface area contributed by atoms with E-state index in [1.807, 2.05) is 6.92 Å². The highest BCUT2D eigenvalue weighted by Gasteiger charge is 2.33. The van der Waals surface area contributed by atoms with Crippen molar-refractivity contribution in [2.45, 2.75) is 20.3 Å². The fraction of sp³-hybridized carbons (Fsp3) is 0.533. The summed E-state index contributed by atoms with van der Waals surface area (Å²) in [7, 11) is 1.71. The largest absolute Gasteiger partial charge is 0.481 e. The first-order valence-electron chi connectivity index (χ1n) is 6.99. The Hall–Kier alpha value is -2.11. The molecular weight excluding hydrogens is 272 g/mol. The van der Waals surface area contributed by atoms with Crippen LogP contribution in [0.4, 0.5) is 0 Å². The van der Waals surface area contributed by atoms with Gasteiger partial charge in [0.05, 0.1) is 5.92 Å². The van der Waals surface area contributed by atoms with Gasteiger partial charge in [-0.05, 0) is 25.3 Å². The van der Waals surface area contributed by atoms with Crippen molar-refractivity contribution >= 4 is 17.7 Å². The van der Waals surface area contributed by atoms with Gasteiger partial charge < -0.3 is 14.6 Å². The first-order valence-corrected chi connectivity index (χ1v) is 6.99. The van der Waals surface area contributed by atoms with E-state index in [4.69, 9.17) is 5.11 Å². The van der Waals surface area contributed by atoms with Crippen LogP contribution in [-0.2, 0) is 11.8 Å². The highest BCUT2D eigenvalue weighted by Crippen LogP contribution is 2.23. The Kier molecular flexibility index (Phi) is 4.16. The number of aromatic nitrogens is 1. The van der Waals surface area contributed by atoms with Crippen LogP contribution in [0.3, 0.4) is 0 Å². The predicted molar refractivity (Wildman–Crippen MR) is 76.2 cm³/mol. The lowest BCUT2D eigenvalue weighted by Gasteiger charge is -2.34. The minimum Gasteiger partial charge on any atom is -0.481 e. The van der Waals surface area contributed by atoms with Gasteiger partial charge in [0.25, 0.3) is 5.91 Å². The lowest BCUT2D eigenvalue weighted by atomic mass is 9.90. The van der Waals surface area contributed by atoms with Crippen molar-refractivity contribution in [2.24, 2.45) is 18.9 Å². The van der Waals surface area contributed by atoms with Crippen LogP contribution >= 0.6 is 0 Å². The van der Waals surface area contributed by atoms with Gasteiger partial charge in [0.1, 0.15) is 5.69 Å². The number of piperidine rings is 1. The van der Waals surface area contributed by atoms with Gasteiger partial charge >= 0.3 is 5.97 Å². The Morgan fingerprint density at radius 2 is 1.95 bits per heavy atom. The molecule has 0 spiro atoms. The molecule has 2 heterocycles. The molecule has 6 nitrogen and oxygen atoms in total. The summed E-state index contributed by atoms with van der Waals surface area (Å²) in [5, 5.41) is 9.17. The molecule has 2 atom stereocenters. The lowest BCUT2D eigenvalue weighted by Crippen LogP contribution is -2.46. The van der Waals surface area contributed by atoms with Crippen molar-refractivity contribution in [3.63, 3.8) is 0 Å². The van der Waals surface area contributed by atoms with Crippen LogP contribution in [0.25, 0.3) is 0 Å². The number of hydrogen-bond donors (Lipinski definition) is 1. The zero-order valence-corrected chi connectivity index (χ0v) is 12.5. The molecule has 1 aliphatic rings. The molecule has 114 valence electrons. The number of carbonyl (C=O) groups is 3. The zero-order valence-electron chi connectivity index (χ0n) is 12.5. The van der Waals surface area contributed by atoms with E-state index in [0.717, 1.165) is 0 Å². The van der Waals surface area contributed by atoms with Crippen LogP contribution in [0.1, 0.15) is 41.1 Å².